The number of rotatable bonds is 6. The van der Waals surface area contributed by atoms with Crippen LogP contribution in [0.2, 0.25) is 10.0 Å². The zero-order chi connectivity index (χ0) is 15.4. The molecule has 1 N–H and O–H groups in total. The van der Waals surface area contributed by atoms with Gasteiger partial charge in [0.1, 0.15) is 5.69 Å². The van der Waals surface area contributed by atoms with Crippen molar-refractivity contribution in [3.8, 4) is 11.5 Å². The van der Waals surface area contributed by atoms with Crippen molar-refractivity contribution in [3.63, 3.8) is 0 Å². The van der Waals surface area contributed by atoms with Crippen molar-refractivity contribution in [1.82, 2.24) is 9.78 Å². The van der Waals surface area contributed by atoms with E-state index >= 15 is 0 Å². The van der Waals surface area contributed by atoms with Gasteiger partial charge in [-0.05, 0) is 25.0 Å². The molecule has 0 atom stereocenters. The fourth-order valence-electron chi connectivity index (χ4n) is 2.19. The minimum Gasteiger partial charge on any atom is -0.450 e. The van der Waals surface area contributed by atoms with Crippen molar-refractivity contribution in [2.75, 3.05) is 6.61 Å². The first kappa shape index (κ1) is 16.1. The van der Waals surface area contributed by atoms with Crippen molar-refractivity contribution in [2.45, 2.75) is 33.2 Å². The summed E-state index contributed by atoms with van der Waals surface area (Å²) in [6.45, 7) is 4.50. The average Bonchev–Trinajstić information content (AvgIpc) is 2.80. The average molecular weight is 329 g/mol. The Kier molecular flexibility index (Phi) is 5.51. The molecule has 2 rings (SSSR count). The summed E-state index contributed by atoms with van der Waals surface area (Å²) in [4.78, 5) is 0. The first-order valence-electron chi connectivity index (χ1n) is 6.93. The summed E-state index contributed by atoms with van der Waals surface area (Å²) in [6, 6.07) is 5.24. The Hall–Kier alpha value is -1.23. The number of aryl methyl sites for hydroxylation is 1. The van der Waals surface area contributed by atoms with E-state index in [1.807, 2.05) is 13.8 Å². The molecule has 21 heavy (non-hydrogen) atoms. The van der Waals surface area contributed by atoms with Gasteiger partial charge in [0.15, 0.2) is 11.5 Å². The highest BCUT2D eigenvalue weighted by atomic mass is 35.5. The highest BCUT2D eigenvalue weighted by Crippen LogP contribution is 2.38. The Bertz CT molecular complexity index is 606. The van der Waals surface area contributed by atoms with Crippen LogP contribution in [0.5, 0.6) is 11.5 Å². The summed E-state index contributed by atoms with van der Waals surface area (Å²) >= 11 is 12.3. The predicted octanol–water partition coefficient (Wildman–Crippen LogP) is 4.10. The molecular formula is C15H18Cl2N2O2. The molecule has 2 aromatic rings. The predicted molar refractivity (Wildman–Crippen MR) is 84.6 cm³/mol. The fraction of sp³-hybridized carbons (Fsp3) is 0.400. The molecule has 1 aromatic heterocycles. The number of aliphatic hydroxyl groups is 1. The normalized spacial score (nSPS) is 10.9. The molecule has 1 aromatic carbocycles. The van der Waals surface area contributed by atoms with Gasteiger partial charge in [0, 0.05) is 0 Å². The monoisotopic (exact) mass is 328 g/mol. The van der Waals surface area contributed by atoms with E-state index in [0.717, 1.165) is 24.2 Å². The zero-order valence-electron chi connectivity index (χ0n) is 12.1. The maximum atomic E-state index is 9.15. The second-order valence-electron chi connectivity index (χ2n) is 4.53. The molecule has 114 valence electrons. The molecule has 0 fully saturated rings. The van der Waals surface area contributed by atoms with Crippen LogP contribution in [0.3, 0.4) is 0 Å². The molecule has 0 unspecified atom stereocenters. The summed E-state index contributed by atoms with van der Waals surface area (Å²) in [5, 5.41) is 14.6. The quantitative estimate of drug-likeness (QED) is 0.868. The van der Waals surface area contributed by atoms with Crippen LogP contribution in [0.15, 0.2) is 18.2 Å². The number of hydrogen-bond donors (Lipinski definition) is 1. The van der Waals surface area contributed by atoms with Gasteiger partial charge in [0.25, 0.3) is 0 Å². The summed E-state index contributed by atoms with van der Waals surface area (Å²) in [5.74, 6) is 1.12. The van der Waals surface area contributed by atoms with Crippen LogP contribution >= 0.6 is 23.2 Å². The first-order valence-corrected chi connectivity index (χ1v) is 7.69. The van der Waals surface area contributed by atoms with Crippen LogP contribution < -0.4 is 4.74 Å². The molecule has 1 heterocycles. The summed E-state index contributed by atoms with van der Waals surface area (Å²) in [6.07, 6.45) is 1.47. The largest absolute Gasteiger partial charge is 0.450 e. The van der Waals surface area contributed by atoms with Crippen molar-refractivity contribution in [2.24, 2.45) is 0 Å². The highest BCUT2D eigenvalue weighted by molar-refractivity contribution is 6.37. The second kappa shape index (κ2) is 7.16. The van der Waals surface area contributed by atoms with E-state index in [0.29, 0.717) is 28.1 Å². The number of benzene rings is 1. The van der Waals surface area contributed by atoms with Crippen molar-refractivity contribution >= 4 is 23.2 Å². The maximum Gasteiger partial charge on any atom is 0.171 e. The Morgan fingerprint density at radius 3 is 2.33 bits per heavy atom. The molecule has 0 saturated heterocycles. The third-order valence-electron chi connectivity index (χ3n) is 3.18. The minimum absolute atomic E-state index is 0.0319. The number of ether oxygens (including phenoxy) is 1. The summed E-state index contributed by atoms with van der Waals surface area (Å²) in [7, 11) is 0. The number of nitrogens with zero attached hydrogens (tertiary/aromatic N) is 2. The number of aromatic nitrogens is 2. The lowest BCUT2D eigenvalue weighted by Gasteiger charge is -2.11. The Morgan fingerprint density at radius 2 is 1.81 bits per heavy atom. The van der Waals surface area contributed by atoms with E-state index in [2.05, 4.69) is 5.10 Å². The molecule has 4 nitrogen and oxygen atoms in total. The number of halogens is 2. The van der Waals surface area contributed by atoms with Gasteiger partial charge in [-0.15, -0.1) is 0 Å². The van der Waals surface area contributed by atoms with E-state index in [4.69, 9.17) is 33.0 Å². The Balaban J connectivity index is 2.47. The second-order valence-corrected chi connectivity index (χ2v) is 5.34. The minimum atomic E-state index is 0.0319. The standard InChI is InChI=1S/C15H18Cl2N2O2/c1-3-12-15(13(4-2)19(18-12)8-9-20)21-14-10(16)6-5-7-11(14)17/h5-7,20H,3-4,8-9H2,1-2H3. The molecule has 0 bridgehead atoms. The van der Waals surface area contributed by atoms with E-state index < -0.39 is 0 Å². The van der Waals surface area contributed by atoms with E-state index in [1.165, 1.54) is 0 Å². The summed E-state index contributed by atoms with van der Waals surface area (Å²) in [5.41, 5.74) is 1.76. The van der Waals surface area contributed by atoms with Crippen LogP contribution in [-0.4, -0.2) is 21.5 Å². The molecule has 6 heteroatoms. The van der Waals surface area contributed by atoms with Gasteiger partial charge in [-0.3, -0.25) is 4.68 Å². The van der Waals surface area contributed by atoms with Gasteiger partial charge in [-0.25, -0.2) is 0 Å². The third-order valence-corrected chi connectivity index (χ3v) is 3.78. The summed E-state index contributed by atoms with van der Waals surface area (Å²) < 4.78 is 7.76. The van der Waals surface area contributed by atoms with Crippen LogP contribution in [0.25, 0.3) is 0 Å². The van der Waals surface area contributed by atoms with Gasteiger partial charge in [0.05, 0.1) is 28.9 Å². The highest BCUT2D eigenvalue weighted by Gasteiger charge is 2.19. The molecular weight excluding hydrogens is 311 g/mol. The van der Waals surface area contributed by atoms with E-state index in [9.17, 15) is 0 Å². The van der Waals surface area contributed by atoms with Crippen molar-refractivity contribution in [1.29, 1.82) is 0 Å². The van der Waals surface area contributed by atoms with Gasteiger partial charge in [-0.2, -0.15) is 5.10 Å². The maximum absolute atomic E-state index is 9.15. The van der Waals surface area contributed by atoms with E-state index in [-0.39, 0.29) is 6.61 Å². The molecule has 0 saturated carbocycles. The van der Waals surface area contributed by atoms with Crippen LogP contribution in [0, 0.1) is 0 Å². The van der Waals surface area contributed by atoms with Gasteiger partial charge < -0.3 is 9.84 Å². The van der Waals surface area contributed by atoms with Gasteiger partial charge in [-0.1, -0.05) is 43.1 Å². The van der Waals surface area contributed by atoms with Gasteiger partial charge in [0.2, 0.25) is 0 Å². The smallest absolute Gasteiger partial charge is 0.171 e. The lowest BCUT2D eigenvalue weighted by Crippen LogP contribution is -2.08. The third kappa shape index (κ3) is 3.34. The van der Waals surface area contributed by atoms with Crippen molar-refractivity contribution < 1.29 is 9.84 Å². The van der Waals surface area contributed by atoms with Crippen molar-refractivity contribution in [3.05, 3.63) is 39.6 Å². The lowest BCUT2D eigenvalue weighted by molar-refractivity contribution is 0.267. The Labute approximate surface area is 134 Å². The molecule has 0 radical (unpaired) electrons. The number of hydrogen-bond acceptors (Lipinski definition) is 3. The fourth-order valence-corrected chi connectivity index (χ4v) is 2.66. The SMILES string of the molecule is CCc1nn(CCO)c(CC)c1Oc1c(Cl)cccc1Cl. The van der Waals surface area contributed by atoms with E-state index in [1.54, 1.807) is 22.9 Å². The molecule has 0 spiro atoms. The number of para-hydroxylation sites is 1. The lowest BCUT2D eigenvalue weighted by atomic mass is 10.2. The number of aliphatic hydroxyl groups excluding tert-OH is 1. The molecule has 0 aliphatic rings. The molecule has 0 aliphatic carbocycles. The molecule has 0 amide bonds. The van der Waals surface area contributed by atoms with Gasteiger partial charge >= 0.3 is 0 Å². The van der Waals surface area contributed by atoms with Crippen LogP contribution in [0.1, 0.15) is 25.2 Å². The Morgan fingerprint density at radius 1 is 1.14 bits per heavy atom. The zero-order valence-corrected chi connectivity index (χ0v) is 13.6. The molecule has 0 aliphatic heterocycles. The van der Waals surface area contributed by atoms with Crippen LogP contribution in [0.4, 0.5) is 0 Å². The first-order chi connectivity index (χ1) is 10.1. The topological polar surface area (TPSA) is 47.3 Å². The van der Waals surface area contributed by atoms with Crippen LogP contribution in [-0.2, 0) is 19.4 Å².